The molecule has 0 radical (unpaired) electrons. The number of aromatic nitrogens is 1. The molecule has 2 aromatic rings. The standard InChI is InChI=1S/C16H21F3N2O4S/c1-4-6-11-13(24-10-5-9-21(2)26(3,22)23)8-7-12-14(11)25-20-15(12)16(17,18)19/h7-8H,4-6,9-10H2,1-3H3. The first-order valence-electron chi connectivity index (χ1n) is 8.08. The van der Waals surface area contributed by atoms with Gasteiger partial charge < -0.3 is 9.26 Å². The fourth-order valence-electron chi connectivity index (χ4n) is 2.50. The summed E-state index contributed by atoms with van der Waals surface area (Å²) in [7, 11) is -1.79. The zero-order valence-corrected chi connectivity index (χ0v) is 15.6. The number of aryl methyl sites for hydroxylation is 1. The van der Waals surface area contributed by atoms with Crippen molar-refractivity contribution in [1.82, 2.24) is 9.46 Å². The van der Waals surface area contributed by atoms with Crippen LogP contribution >= 0.6 is 0 Å². The van der Waals surface area contributed by atoms with Crippen LogP contribution in [0.5, 0.6) is 5.75 Å². The summed E-state index contributed by atoms with van der Waals surface area (Å²) in [4.78, 5) is 0. The molecule has 0 bridgehead atoms. The topological polar surface area (TPSA) is 72.6 Å². The Kier molecular flexibility index (Phi) is 6.17. The highest BCUT2D eigenvalue weighted by molar-refractivity contribution is 7.88. The van der Waals surface area contributed by atoms with Crippen molar-refractivity contribution in [1.29, 1.82) is 0 Å². The molecular weight excluding hydrogens is 373 g/mol. The van der Waals surface area contributed by atoms with Gasteiger partial charge in [-0.2, -0.15) is 13.2 Å². The number of nitrogens with zero attached hydrogens (tertiary/aromatic N) is 2. The van der Waals surface area contributed by atoms with Gasteiger partial charge >= 0.3 is 6.18 Å². The number of alkyl halides is 3. The van der Waals surface area contributed by atoms with Gasteiger partial charge in [-0.05, 0) is 25.0 Å². The van der Waals surface area contributed by atoms with Crippen LogP contribution in [0.1, 0.15) is 31.0 Å². The van der Waals surface area contributed by atoms with E-state index in [1.54, 1.807) is 0 Å². The zero-order chi connectivity index (χ0) is 19.5. The van der Waals surface area contributed by atoms with E-state index in [9.17, 15) is 21.6 Å². The second-order valence-corrected chi connectivity index (χ2v) is 8.07. The van der Waals surface area contributed by atoms with Crippen molar-refractivity contribution in [3.63, 3.8) is 0 Å². The molecule has 146 valence electrons. The van der Waals surface area contributed by atoms with Gasteiger partial charge in [0.1, 0.15) is 5.75 Å². The van der Waals surface area contributed by atoms with Gasteiger partial charge in [0.2, 0.25) is 10.0 Å². The third kappa shape index (κ3) is 4.67. The van der Waals surface area contributed by atoms with E-state index in [0.29, 0.717) is 30.6 Å². The summed E-state index contributed by atoms with van der Waals surface area (Å²) in [6.07, 6.45) is -1.87. The zero-order valence-electron chi connectivity index (χ0n) is 14.8. The van der Waals surface area contributed by atoms with E-state index in [1.807, 2.05) is 6.92 Å². The van der Waals surface area contributed by atoms with Crippen LogP contribution in [0, 0.1) is 0 Å². The van der Waals surface area contributed by atoms with Crippen LogP contribution in [0.2, 0.25) is 0 Å². The van der Waals surface area contributed by atoms with Gasteiger partial charge in [0.05, 0.1) is 18.2 Å². The Morgan fingerprint density at radius 1 is 1.31 bits per heavy atom. The van der Waals surface area contributed by atoms with E-state index in [1.165, 1.54) is 23.5 Å². The Morgan fingerprint density at radius 3 is 2.58 bits per heavy atom. The normalized spacial score (nSPS) is 12.9. The van der Waals surface area contributed by atoms with E-state index < -0.39 is 21.9 Å². The lowest BCUT2D eigenvalue weighted by Crippen LogP contribution is -2.27. The van der Waals surface area contributed by atoms with Crippen molar-refractivity contribution in [2.45, 2.75) is 32.4 Å². The number of fused-ring (bicyclic) bond motifs is 1. The van der Waals surface area contributed by atoms with Crippen molar-refractivity contribution in [2.75, 3.05) is 26.5 Å². The summed E-state index contributed by atoms with van der Waals surface area (Å²) in [5.74, 6) is 0.422. The minimum Gasteiger partial charge on any atom is -0.493 e. The minimum absolute atomic E-state index is 0.0740. The smallest absolute Gasteiger partial charge is 0.437 e. The maximum absolute atomic E-state index is 13.0. The van der Waals surface area contributed by atoms with Gasteiger partial charge in [-0.1, -0.05) is 18.5 Å². The first-order chi connectivity index (χ1) is 12.1. The van der Waals surface area contributed by atoms with Crippen molar-refractivity contribution < 1.29 is 30.8 Å². The lowest BCUT2D eigenvalue weighted by atomic mass is 10.0. The molecule has 0 saturated heterocycles. The van der Waals surface area contributed by atoms with E-state index in [2.05, 4.69) is 5.16 Å². The van der Waals surface area contributed by atoms with Crippen molar-refractivity contribution >= 4 is 21.0 Å². The second-order valence-electron chi connectivity index (χ2n) is 5.98. The summed E-state index contributed by atoms with van der Waals surface area (Å²) in [5.41, 5.74) is -0.444. The molecule has 0 atom stereocenters. The molecule has 0 spiro atoms. The molecule has 26 heavy (non-hydrogen) atoms. The van der Waals surface area contributed by atoms with E-state index >= 15 is 0 Å². The number of benzene rings is 1. The Balaban J connectivity index is 2.18. The molecule has 0 unspecified atom stereocenters. The molecule has 1 aromatic carbocycles. The predicted octanol–water partition coefficient (Wildman–Crippen LogP) is 3.46. The Labute approximate surface area is 149 Å². The molecule has 1 heterocycles. The largest absolute Gasteiger partial charge is 0.493 e. The van der Waals surface area contributed by atoms with Gasteiger partial charge in [-0.15, -0.1) is 0 Å². The number of hydrogen-bond donors (Lipinski definition) is 0. The summed E-state index contributed by atoms with van der Waals surface area (Å²) in [6.45, 7) is 2.40. The SMILES string of the molecule is CCCc1c(OCCCN(C)S(C)(=O)=O)ccc2c(C(F)(F)F)noc12. The number of halogens is 3. The molecule has 0 aliphatic carbocycles. The number of rotatable bonds is 8. The summed E-state index contributed by atoms with van der Waals surface area (Å²) in [5, 5.41) is 3.08. The molecule has 6 nitrogen and oxygen atoms in total. The summed E-state index contributed by atoms with van der Waals surface area (Å²) >= 11 is 0. The van der Waals surface area contributed by atoms with Crippen LogP contribution in [-0.2, 0) is 22.6 Å². The second kappa shape index (κ2) is 7.83. The Hall–Kier alpha value is -1.81. The number of sulfonamides is 1. The van der Waals surface area contributed by atoms with Gasteiger partial charge in [-0.25, -0.2) is 12.7 Å². The average molecular weight is 394 g/mol. The Morgan fingerprint density at radius 2 is 2.00 bits per heavy atom. The van der Waals surface area contributed by atoms with Crippen LogP contribution in [0.25, 0.3) is 11.0 Å². The van der Waals surface area contributed by atoms with Gasteiger partial charge in [0.15, 0.2) is 11.3 Å². The molecule has 2 rings (SSSR count). The molecule has 0 fully saturated rings. The van der Waals surface area contributed by atoms with Crippen LogP contribution in [0.15, 0.2) is 16.7 Å². The molecule has 0 aliphatic heterocycles. The van der Waals surface area contributed by atoms with Crippen molar-refractivity contribution in [3.05, 3.63) is 23.4 Å². The highest BCUT2D eigenvalue weighted by Crippen LogP contribution is 2.38. The minimum atomic E-state index is -4.59. The number of ether oxygens (including phenoxy) is 1. The molecule has 1 aromatic heterocycles. The van der Waals surface area contributed by atoms with Gasteiger partial charge in [-0.3, -0.25) is 0 Å². The fourth-order valence-corrected chi connectivity index (χ4v) is 2.96. The van der Waals surface area contributed by atoms with Gasteiger partial charge in [0.25, 0.3) is 0 Å². The van der Waals surface area contributed by atoms with Crippen LogP contribution in [-0.4, -0.2) is 44.3 Å². The Bertz CT molecular complexity index is 862. The summed E-state index contributed by atoms with van der Waals surface area (Å²) in [6, 6.07) is 2.76. The fraction of sp³-hybridized carbons (Fsp3) is 0.562. The van der Waals surface area contributed by atoms with Crippen LogP contribution in [0.4, 0.5) is 13.2 Å². The number of hydrogen-bond acceptors (Lipinski definition) is 5. The van der Waals surface area contributed by atoms with Crippen molar-refractivity contribution in [3.8, 4) is 5.75 Å². The van der Waals surface area contributed by atoms with Gasteiger partial charge in [0, 0.05) is 19.2 Å². The maximum Gasteiger partial charge on any atom is 0.437 e. The summed E-state index contributed by atoms with van der Waals surface area (Å²) < 4.78 is 73.4. The predicted molar refractivity (Wildman–Crippen MR) is 90.6 cm³/mol. The lowest BCUT2D eigenvalue weighted by Gasteiger charge is -2.15. The van der Waals surface area contributed by atoms with E-state index in [4.69, 9.17) is 9.26 Å². The first kappa shape index (κ1) is 20.5. The quantitative estimate of drug-likeness (QED) is 0.641. The molecule has 0 aliphatic rings. The maximum atomic E-state index is 13.0. The van der Waals surface area contributed by atoms with E-state index in [0.717, 1.165) is 6.26 Å². The van der Waals surface area contributed by atoms with Crippen molar-refractivity contribution in [2.24, 2.45) is 0 Å². The monoisotopic (exact) mass is 394 g/mol. The molecule has 0 saturated carbocycles. The lowest BCUT2D eigenvalue weighted by molar-refractivity contribution is -0.141. The molecule has 10 heteroatoms. The van der Waals surface area contributed by atoms with E-state index in [-0.39, 0.29) is 24.1 Å². The molecule has 0 amide bonds. The first-order valence-corrected chi connectivity index (χ1v) is 9.93. The highest BCUT2D eigenvalue weighted by Gasteiger charge is 2.37. The average Bonchev–Trinajstić information content (AvgIpc) is 2.96. The third-order valence-electron chi connectivity index (χ3n) is 3.91. The molecule has 0 N–H and O–H groups in total. The molecular formula is C16H21F3N2O4S. The highest BCUT2D eigenvalue weighted by atomic mass is 32.2. The van der Waals surface area contributed by atoms with Crippen LogP contribution in [0.3, 0.4) is 0 Å². The third-order valence-corrected chi connectivity index (χ3v) is 5.23. The van der Waals surface area contributed by atoms with Crippen LogP contribution < -0.4 is 4.74 Å².